The predicted molar refractivity (Wildman–Crippen MR) is 157 cm³/mol. The number of β-lactam (4-membered cyclic amide) rings is 1. The number of carboxylic acid groups (broad SMARTS) is 2. The lowest BCUT2D eigenvalue weighted by atomic mass is 10.0. The number of likely N-dealkylation sites (tertiary alicyclic amines) is 1. The second kappa shape index (κ2) is 12.1. The van der Waals surface area contributed by atoms with Crippen molar-refractivity contribution in [2.24, 2.45) is 15.9 Å². The molecule has 2 fully saturated rings. The van der Waals surface area contributed by atoms with E-state index in [1.54, 1.807) is 0 Å². The summed E-state index contributed by atoms with van der Waals surface area (Å²) in [5, 5.41) is 25.1. The number of amides is 2. The molecule has 6 N–H and O–H groups in total. The molecule has 2 saturated heterocycles. The van der Waals surface area contributed by atoms with Crippen molar-refractivity contribution in [2.75, 3.05) is 19.3 Å². The molecule has 17 heteroatoms. The Balaban J connectivity index is 1.33. The van der Waals surface area contributed by atoms with Gasteiger partial charge in [-0.25, -0.2) is 19.1 Å². The van der Waals surface area contributed by atoms with E-state index in [9.17, 15) is 29.4 Å². The van der Waals surface area contributed by atoms with Crippen LogP contribution in [0.5, 0.6) is 0 Å². The minimum atomic E-state index is -1.76. The number of nitrogens with two attached hydrogens (primary N) is 1. The average Bonchev–Trinajstić information content (AvgIpc) is 3.59. The molecule has 3 unspecified atom stereocenters. The number of oxime groups is 1. The molecule has 4 atom stereocenters. The lowest BCUT2D eigenvalue weighted by Gasteiger charge is -2.49. The van der Waals surface area contributed by atoms with E-state index in [0.717, 1.165) is 36.9 Å². The van der Waals surface area contributed by atoms with Crippen LogP contribution in [0.25, 0.3) is 0 Å². The largest absolute Gasteiger partial charge is 0.478 e. The molecule has 4 aliphatic heterocycles. The molecule has 4 aliphatic rings. The lowest BCUT2D eigenvalue weighted by Crippen LogP contribution is -2.71. The van der Waals surface area contributed by atoms with Gasteiger partial charge in [0.1, 0.15) is 17.1 Å². The third kappa shape index (κ3) is 6.20. The summed E-state index contributed by atoms with van der Waals surface area (Å²) in [6.45, 7) is 3.83. The van der Waals surface area contributed by atoms with Gasteiger partial charge in [-0.3, -0.25) is 25.1 Å². The fourth-order valence-electron chi connectivity index (χ4n) is 5.20. The van der Waals surface area contributed by atoms with Gasteiger partial charge in [0.15, 0.2) is 30.3 Å². The third-order valence-corrected chi connectivity index (χ3v) is 9.55. The number of carbonyl (C=O) groups excluding carboxylic acids is 2. The number of nitrogens with zero attached hydrogens (tertiary/aromatic N) is 5. The lowest BCUT2D eigenvalue weighted by molar-refractivity contribution is -0.689. The molecule has 15 nitrogen and oxygen atoms in total. The molecule has 0 radical (unpaired) electrons. The molecule has 0 saturated carbocycles. The molecule has 43 heavy (non-hydrogen) atoms. The van der Waals surface area contributed by atoms with Crippen LogP contribution in [0.2, 0.25) is 0 Å². The van der Waals surface area contributed by atoms with Crippen LogP contribution in [0, 0.1) is 0 Å². The molecule has 1 aromatic rings. The maximum atomic E-state index is 13.3. The molecular formula is C26H33N8O7S2+. The summed E-state index contributed by atoms with van der Waals surface area (Å²) in [5.74, 6) is -3.71. The normalized spacial score (nSPS) is 26.0. The number of nitrogens with one attached hydrogen (secondary N) is 2. The highest BCUT2D eigenvalue weighted by Gasteiger charge is 2.55. The van der Waals surface area contributed by atoms with E-state index < -0.39 is 52.0 Å². The van der Waals surface area contributed by atoms with Crippen LogP contribution in [0.15, 0.2) is 45.9 Å². The molecule has 0 bridgehead atoms. The first-order chi connectivity index (χ1) is 20.4. The summed E-state index contributed by atoms with van der Waals surface area (Å²) < 4.78 is 4.67. The maximum Gasteiger partial charge on any atom is 0.352 e. The summed E-state index contributed by atoms with van der Waals surface area (Å²) in [7, 11) is 2.09. The smallest absolute Gasteiger partial charge is 0.352 e. The van der Waals surface area contributed by atoms with Gasteiger partial charge in [0.2, 0.25) is 11.3 Å². The molecule has 5 rings (SSSR count). The zero-order valence-electron chi connectivity index (χ0n) is 23.7. The van der Waals surface area contributed by atoms with E-state index >= 15 is 0 Å². The molecule has 1 aromatic heterocycles. The van der Waals surface area contributed by atoms with E-state index in [4.69, 9.17) is 10.6 Å². The highest BCUT2D eigenvalue weighted by molar-refractivity contribution is 8.00. The van der Waals surface area contributed by atoms with E-state index in [-0.39, 0.29) is 11.5 Å². The van der Waals surface area contributed by atoms with Crippen molar-refractivity contribution in [3.63, 3.8) is 0 Å². The van der Waals surface area contributed by atoms with Crippen molar-refractivity contribution in [2.45, 2.75) is 61.8 Å². The number of thioether (sulfide) groups is 1. The highest BCUT2D eigenvalue weighted by atomic mass is 32.2. The number of carbonyl (C=O) groups is 4. The Kier molecular flexibility index (Phi) is 8.69. The average molecular weight is 634 g/mol. The van der Waals surface area contributed by atoms with Gasteiger partial charge in [0, 0.05) is 29.0 Å². The number of aromatic nitrogens is 1. The topological polar surface area (TPSA) is 203 Å². The van der Waals surface area contributed by atoms with Crippen LogP contribution in [0.4, 0.5) is 0 Å². The van der Waals surface area contributed by atoms with Gasteiger partial charge in [-0.05, 0) is 58.3 Å². The van der Waals surface area contributed by atoms with Gasteiger partial charge < -0.3 is 25.1 Å². The monoisotopic (exact) mass is 633 g/mol. The maximum absolute atomic E-state index is 13.3. The fraction of sp³-hybridized carbons (Fsp3) is 0.500. The Labute approximate surface area is 255 Å². The number of amidine groups is 1. The zero-order valence-corrected chi connectivity index (χ0v) is 25.4. The van der Waals surface area contributed by atoms with Gasteiger partial charge in [-0.2, -0.15) is 0 Å². The Morgan fingerprint density at radius 2 is 2.12 bits per heavy atom. The number of hydrogen-bond donors (Lipinski definition) is 5. The first kappa shape index (κ1) is 30.8. The van der Waals surface area contributed by atoms with Crippen molar-refractivity contribution >= 4 is 59.0 Å². The number of aliphatic imine (C=N–C) groups is 1. The Hall–Kier alpha value is -3.67. The van der Waals surface area contributed by atoms with E-state index in [0.29, 0.717) is 23.9 Å². The first-order valence-corrected chi connectivity index (χ1v) is 15.5. The number of rotatable bonds is 10. The summed E-state index contributed by atoms with van der Waals surface area (Å²) >= 11 is 2.34. The van der Waals surface area contributed by atoms with Crippen LogP contribution >= 0.6 is 23.7 Å². The fourth-order valence-corrected chi connectivity index (χ4v) is 7.08. The molecule has 0 aliphatic carbocycles. The van der Waals surface area contributed by atoms with Crippen LogP contribution < -0.4 is 20.3 Å². The SMILES string of the molecule is CN1CCCC1c1ccc[n+](CC2=C(C(=O)O)N3C(=O)[C@@H](NC(=O)/C(=N\OC(C)(C)C(=O)O)C4=NC(N)SN4)C3SC2)c1. The molecule has 2 amide bonds. The summed E-state index contributed by atoms with van der Waals surface area (Å²) in [6.07, 6.45) is 6.08. The molecular weight excluding hydrogens is 600 g/mol. The quantitative estimate of drug-likeness (QED) is 0.0735. The van der Waals surface area contributed by atoms with Crippen LogP contribution in [0.3, 0.4) is 0 Å². The van der Waals surface area contributed by atoms with E-state index in [2.05, 4.69) is 38.2 Å². The van der Waals surface area contributed by atoms with E-state index in [1.807, 2.05) is 23.0 Å². The standard InChI is InChI=1S/C26H32N8O7S2/c1-26(2,24(39)40)41-30-16(19-29-25(27)43-31-19)20(35)28-17-21(36)34-18(23(37)38)14(12-42-22(17)34)11-33-9-4-6-13(10-33)15-7-5-8-32(15)3/h4,6,9-10,15,17,22,25H,5,7-8,11-12,27H2,1-3H3,(H3-,28,29,31,35,37,38,39,40)/p+1/b30-16-/t15?,17-,22?,25?/m1/s1. The Bertz CT molecular complexity index is 1450. The van der Waals surface area contributed by atoms with Gasteiger partial charge in [-0.1, -0.05) is 5.16 Å². The molecule has 0 spiro atoms. The zero-order chi connectivity index (χ0) is 31.1. The summed E-state index contributed by atoms with van der Waals surface area (Å²) in [5.41, 5.74) is 4.49. The van der Waals surface area contributed by atoms with Gasteiger partial charge in [0.25, 0.3) is 11.8 Å². The van der Waals surface area contributed by atoms with Crippen LogP contribution in [-0.2, 0) is 30.6 Å². The second-order valence-corrected chi connectivity index (χ2v) is 13.0. The van der Waals surface area contributed by atoms with E-state index in [1.165, 1.54) is 30.5 Å². The number of fused-ring (bicyclic) bond motifs is 1. The first-order valence-electron chi connectivity index (χ1n) is 13.5. The Morgan fingerprint density at radius 3 is 2.74 bits per heavy atom. The summed E-state index contributed by atoms with van der Waals surface area (Å²) in [6, 6.07) is 3.26. The summed E-state index contributed by atoms with van der Waals surface area (Å²) in [4.78, 5) is 63.1. The number of carboxylic acids is 2. The minimum absolute atomic E-state index is 0.0485. The third-order valence-electron chi connectivity index (χ3n) is 7.55. The molecule has 5 heterocycles. The Morgan fingerprint density at radius 1 is 1.35 bits per heavy atom. The van der Waals surface area contributed by atoms with Gasteiger partial charge in [0.05, 0.1) is 0 Å². The number of pyridine rings is 1. The van der Waals surface area contributed by atoms with Crippen molar-refractivity contribution in [1.82, 2.24) is 19.8 Å². The van der Waals surface area contributed by atoms with Crippen molar-refractivity contribution in [3.05, 3.63) is 41.4 Å². The minimum Gasteiger partial charge on any atom is -0.478 e. The predicted octanol–water partition coefficient (Wildman–Crippen LogP) is -0.393. The van der Waals surface area contributed by atoms with Crippen LogP contribution in [0.1, 0.15) is 38.3 Å². The van der Waals surface area contributed by atoms with Gasteiger partial charge in [-0.15, -0.1) is 11.8 Å². The molecule has 230 valence electrons. The van der Waals surface area contributed by atoms with Crippen molar-refractivity contribution in [1.29, 1.82) is 0 Å². The number of aliphatic carboxylic acids is 2. The molecule has 0 aromatic carbocycles. The van der Waals surface area contributed by atoms with Crippen molar-refractivity contribution in [3.8, 4) is 0 Å². The van der Waals surface area contributed by atoms with Crippen LogP contribution in [-0.4, -0.2) is 97.2 Å². The second-order valence-electron chi connectivity index (χ2n) is 11.0. The number of hydrogen-bond acceptors (Lipinski definition) is 12. The highest BCUT2D eigenvalue weighted by Crippen LogP contribution is 2.40. The van der Waals surface area contributed by atoms with Gasteiger partial charge >= 0.3 is 11.9 Å². The van der Waals surface area contributed by atoms with Crippen molar-refractivity contribution < 1.29 is 38.8 Å².